The monoisotopic (exact) mass is 362 g/mol. The number of rotatable bonds is 4. The number of carbonyl (C=O) groups is 4. The molecule has 2 unspecified atom stereocenters. The van der Waals surface area contributed by atoms with Gasteiger partial charge in [0.25, 0.3) is 5.91 Å². The summed E-state index contributed by atoms with van der Waals surface area (Å²) in [4.78, 5) is 45.8. The van der Waals surface area contributed by atoms with Crippen molar-refractivity contribution in [3.8, 4) is 0 Å². The number of carboxylic acid groups (broad SMARTS) is 1. The Balaban J connectivity index is 2.02. The zero-order chi connectivity index (χ0) is 15.0. The Morgan fingerprint density at radius 2 is 2.20 bits per heavy atom. The molecule has 0 aliphatic carbocycles. The first-order chi connectivity index (χ1) is 9.32. The number of hydrogen-bond donors (Lipinski definition) is 2. The predicted molar refractivity (Wildman–Crippen MR) is 74.1 cm³/mol. The molecule has 0 aromatic carbocycles. The van der Waals surface area contributed by atoms with Crippen molar-refractivity contribution in [1.29, 1.82) is 0 Å². The summed E-state index contributed by atoms with van der Waals surface area (Å²) in [6, 6.07) is -0.724. The second-order valence-corrected chi connectivity index (χ2v) is 6.39. The van der Waals surface area contributed by atoms with Gasteiger partial charge in [-0.1, -0.05) is 15.9 Å². The van der Waals surface area contributed by atoms with Gasteiger partial charge in [-0.3, -0.25) is 14.4 Å². The lowest BCUT2D eigenvalue weighted by Gasteiger charge is -2.47. The number of alkyl halides is 1. The summed E-state index contributed by atoms with van der Waals surface area (Å²) >= 11 is 4.21. The van der Waals surface area contributed by atoms with E-state index in [2.05, 4.69) is 21.2 Å². The summed E-state index contributed by atoms with van der Waals surface area (Å²) in [5.74, 6) is -2.09. The van der Waals surface area contributed by atoms with Crippen molar-refractivity contribution >= 4 is 51.3 Å². The molecule has 2 heterocycles. The molecule has 1 fully saturated rings. The topological polar surface area (TPSA) is 104 Å². The van der Waals surface area contributed by atoms with E-state index in [4.69, 9.17) is 5.11 Å². The van der Waals surface area contributed by atoms with Crippen molar-refractivity contribution in [2.24, 2.45) is 0 Å². The highest BCUT2D eigenvalue weighted by atomic mass is 79.9. The molecule has 9 heteroatoms. The van der Waals surface area contributed by atoms with Gasteiger partial charge in [0.05, 0.1) is 5.57 Å². The van der Waals surface area contributed by atoms with Gasteiger partial charge in [-0.15, -0.1) is 11.8 Å². The van der Waals surface area contributed by atoms with E-state index in [-0.39, 0.29) is 28.4 Å². The highest BCUT2D eigenvalue weighted by Crippen LogP contribution is 2.36. The fourth-order valence-corrected chi connectivity index (χ4v) is 3.22. The van der Waals surface area contributed by atoms with Crippen LogP contribution in [0, 0.1) is 0 Å². The lowest BCUT2D eigenvalue weighted by Crippen LogP contribution is -2.69. The molecule has 0 radical (unpaired) electrons. The van der Waals surface area contributed by atoms with Crippen LogP contribution in [0.2, 0.25) is 0 Å². The molecule has 7 nitrogen and oxygen atoms in total. The summed E-state index contributed by atoms with van der Waals surface area (Å²) in [6.45, 7) is 1.27. The quantitative estimate of drug-likeness (QED) is 0.404. The Labute approximate surface area is 126 Å². The van der Waals surface area contributed by atoms with Gasteiger partial charge >= 0.3 is 5.97 Å². The minimum atomic E-state index is -1.06. The van der Waals surface area contributed by atoms with Crippen LogP contribution in [0.25, 0.3) is 0 Å². The van der Waals surface area contributed by atoms with Crippen molar-refractivity contribution in [3.63, 3.8) is 0 Å². The first-order valence-electron chi connectivity index (χ1n) is 5.65. The van der Waals surface area contributed by atoms with Crippen LogP contribution in [-0.2, 0) is 19.2 Å². The molecule has 0 bridgehead atoms. The maximum atomic E-state index is 11.9. The zero-order valence-corrected chi connectivity index (χ0v) is 12.7. The van der Waals surface area contributed by atoms with Crippen LogP contribution in [-0.4, -0.2) is 55.6 Å². The van der Waals surface area contributed by atoms with E-state index in [1.165, 1.54) is 29.8 Å². The van der Waals surface area contributed by atoms with Gasteiger partial charge in [-0.05, 0) is 6.92 Å². The predicted octanol–water partition coefficient (Wildman–Crippen LogP) is -0.293. The number of amides is 2. The zero-order valence-electron chi connectivity index (χ0n) is 10.3. The molecule has 0 saturated carbocycles. The van der Waals surface area contributed by atoms with Gasteiger partial charge in [-0.25, -0.2) is 4.79 Å². The van der Waals surface area contributed by atoms with Gasteiger partial charge in [-0.2, -0.15) is 0 Å². The second kappa shape index (κ2) is 5.57. The molecule has 1 saturated heterocycles. The average molecular weight is 363 g/mol. The molecule has 0 aromatic heterocycles. The highest BCUT2D eigenvalue weighted by Gasteiger charge is 2.50. The number of nitrogens with one attached hydrogen (secondary N) is 1. The number of Topliss-reactive ketones (excluding diaryl/α,β-unsaturated/α-hetero) is 1. The number of fused-ring (bicyclic) bond motifs is 1. The van der Waals surface area contributed by atoms with Crippen molar-refractivity contribution in [1.82, 2.24) is 10.2 Å². The van der Waals surface area contributed by atoms with Crippen LogP contribution in [0.5, 0.6) is 0 Å². The third kappa shape index (κ3) is 2.59. The second-order valence-electron chi connectivity index (χ2n) is 4.37. The Kier molecular flexibility index (Phi) is 4.19. The van der Waals surface area contributed by atoms with E-state index < -0.39 is 22.7 Å². The summed E-state index contributed by atoms with van der Waals surface area (Å²) in [5.41, 5.74) is 0.145. The molecule has 20 heavy (non-hydrogen) atoms. The van der Waals surface area contributed by atoms with Gasteiger partial charge < -0.3 is 15.3 Å². The normalized spacial score (nSPS) is 26.0. The molecular formula is C11H11BrN2O5S. The van der Waals surface area contributed by atoms with Crippen LogP contribution in [0.4, 0.5) is 0 Å². The Morgan fingerprint density at radius 1 is 1.55 bits per heavy atom. The molecular weight excluding hydrogens is 352 g/mol. The first-order valence-corrected chi connectivity index (χ1v) is 7.62. The summed E-state index contributed by atoms with van der Waals surface area (Å²) in [7, 11) is 0. The lowest BCUT2D eigenvalue weighted by atomic mass is 10.1. The molecule has 108 valence electrons. The van der Waals surface area contributed by atoms with E-state index in [0.29, 0.717) is 0 Å². The number of halogens is 1. The van der Waals surface area contributed by atoms with Crippen LogP contribution in [0.15, 0.2) is 11.8 Å². The Bertz CT molecular complexity index is 535. The summed E-state index contributed by atoms with van der Waals surface area (Å²) in [6.07, 6.45) is 1.30. The molecule has 2 N–H and O–H groups in total. The number of carbonyl (C=O) groups excluding carboxylic acids is 3. The lowest BCUT2D eigenvalue weighted by molar-refractivity contribution is -0.145. The summed E-state index contributed by atoms with van der Waals surface area (Å²) < 4.78 is 0. The maximum absolute atomic E-state index is 11.9. The SMILES string of the molecule is CC(=O)C(Br)C(=O)NC1C(=O)N2C=C(C(=O)O)CS[C@H]12. The number of nitrogens with zero attached hydrogens (tertiary/aromatic N) is 1. The van der Waals surface area contributed by atoms with Gasteiger partial charge in [0, 0.05) is 12.0 Å². The molecule has 0 aromatic rings. The largest absolute Gasteiger partial charge is 0.478 e. The molecule has 0 spiro atoms. The minimum absolute atomic E-state index is 0.145. The van der Waals surface area contributed by atoms with E-state index in [1.807, 2.05) is 0 Å². The number of β-lactam (4-membered cyclic amide) rings is 1. The number of carboxylic acids is 1. The van der Waals surface area contributed by atoms with Crippen LogP contribution in [0.1, 0.15) is 6.92 Å². The summed E-state index contributed by atoms with van der Waals surface area (Å²) in [5, 5.41) is 11.0. The fraction of sp³-hybridized carbons (Fsp3) is 0.455. The van der Waals surface area contributed by atoms with Crippen molar-refractivity contribution < 1.29 is 24.3 Å². The van der Waals surface area contributed by atoms with E-state index >= 15 is 0 Å². The molecule has 2 amide bonds. The third-order valence-electron chi connectivity index (χ3n) is 2.94. The van der Waals surface area contributed by atoms with Gasteiger partial charge in [0.2, 0.25) is 5.91 Å². The molecule has 2 rings (SSSR count). The van der Waals surface area contributed by atoms with Gasteiger partial charge in [0.15, 0.2) is 10.6 Å². The van der Waals surface area contributed by atoms with Crippen LogP contribution >= 0.6 is 27.7 Å². The van der Waals surface area contributed by atoms with Crippen LogP contribution < -0.4 is 5.32 Å². The third-order valence-corrected chi connectivity index (χ3v) is 5.32. The number of hydrogen-bond acceptors (Lipinski definition) is 5. The first kappa shape index (κ1) is 15.0. The molecule has 2 aliphatic rings. The molecule has 3 atom stereocenters. The Morgan fingerprint density at radius 3 is 2.75 bits per heavy atom. The van der Waals surface area contributed by atoms with E-state index in [0.717, 1.165) is 0 Å². The molecule has 2 aliphatic heterocycles. The maximum Gasteiger partial charge on any atom is 0.333 e. The smallest absolute Gasteiger partial charge is 0.333 e. The highest BCUT2D eigenvalue weighted by molar-refractivity contribution is 9.10. The number of thioether (sulfide) groups is 1. The van der Waals surface area contributed by atoms with Gasteiger partial charge in [0.1, 0.15) is 11.4 Å². The van der Waals surface area contributed by atoms with Crippen molar-refractivity contribution in [2.45, 2.75) is 23.2 Å². The van der Waals surface area contributed by atoms with Crippen molar-refractivity contribution in [2.75, 3.05) is 5.75 Å². The van der Waals surface area contributed by atoms with Crippen molar-refractivity contribution in [3.05, 3.63) is 11.8 Å². The minimum Gasteiger partial charge on any atom is -0.478 e. The number of aliphatic carboxylic acids is 1. The fourth-order valence-electron chi connectivity index (χ4n) is 1.84. The number of ketones is 1. The Hall–Kier alpha value is -1.35. The standard InChI is InChI=1S/C11H11BrN2O5S/c1-4(15)6(12)8(16)13-7-9(17)14-2-5(11(18)19)3-20-10(7)14/h2,6-7,10H,3H2,1H3,(H,13,16)(H,18,19)/t6?,7?,10-/m1/s1. The van der Waals surface area contributed by atoms with Crippen LogP contribution in [0.3, 0.4) is 0 Å². The average Bonchev–Trinajstić information content (AvgIpc) is 2.42. The van der Waals surface area contributed by atoms with E-state index in [9.17, 15) is 19.2 Å². The van der Waals surface area contributed by atoms with E-state index in [1.54, 1.807) is 0 Å².